The monoisotopic (exact) mass is 410 g/mol. The van der Waals surface area contributed by atoms with E-state index in [1.165, 1.54) is 0 Å². The molecular weight excluding hydrogens is 384 g/mol. The molecule has 152 valence electrons. The molecular formula is C22H26N4O2S. The smallest absolute Gasteiger partial charge is 0.270 e. The zero-order valence-corrected chi connectivity index (χ0v) is 17.4. The van der Waals surface area contributed by atoms with Crippen molar-refractivity contribution in [2.45, 2.75) is 38.5 Å². The Labute approximate surface area is 174 Å². The molecule has 1 aromatic carbocycles. The van der Waals surface area contributed by atoms with Crippen molar-refractivity contribution in [3.05, 3.63) is 52.1 Å². The summed E-state index contributed by atoms with van der Waals surface area (Å²) in [4.78, 5) is 34.4. The molecule has 0 radical (unpaired) electrons. The summed E-state index contributed by atoms with van der Waals surface area (Å²) in [5.74, 6) is 0.407. The largest absolute Gasteiger partial charge is 0.356 e. The quantitative estimate of drug-likeness (QED) is 0.650. The second-order valence-corrected chi connectivity index (χ2v) is 8.38. The van der Waals surface area contributed by atoms with Crippen molar-refractivity contribution in [3.8, 4) is 0 Å². The Morgan fingerprint density at radius 2 is 2.21 bits per heavy atom. The van der Waals surface area contributed by atoms with E-state index < -0.39 is 0 Å². The first-order valence-electron chi connectivity index (χ1n) is 10.2. The number of likely N-dealkylation sites (tertiary alicyclic amines) is 1. The third-order valence-electron chi connectivity index (χ3n) is 5.41. The minimum atomic E-state index is 0.0601. The molecule has 2 amide bonds. The van der Waals surface area contributed by atoms with Gasteiger partial charge in [0, 0.05) is 54.7 Å². The van der Waals surface area contributed by atoms with Crippen LogP contribution in [-0.4, -0.2) is 46.3 Å². The van der Waals surface area contributed by atoms with E-state index in [-0.39, 0.29) is 17.7 Å². The summed E-state index contributed by atoms with van der Waals surface area (Å²) in [6.45, 7) is 3.95. The molecule has 1 aliphatic rings. The summed E-state index contributed by atoms with van der Waals surface area (Å²) >= 11 is 1.66. The standard InChI is InChI=1S/C22H26N4O2S/c1-2-20(27)23-10-9-17-14-29-21(24-17)16-7-5-11-26(13-16)22(28)19-12-15-6-3-4-8-18(15)25-19/h3-4,6,8,12,14,16,25H,2,5,7,9-11,13H2,1H3,(H,23,27). The number of piperidine rings is 1. The van der Waals surface area contributed by atoms with Gasteiger partial charge in [0.2, 0.25) is 5.91 Å². The molecule has 1 saturated heterocycles. The summed E-state index contributed by atoms with van der Waals surface area (Å²) in [5, 5.41) is 7.12. The molecule has 0 aliphatic carbocycles. The molecule has 3 aromatic rings. The number of para-hydroxylation sites is 1. The molecule has 29 heavy (non-hydrogen) atoms. The van der Waals surface area contributed by atoms with Crippen LogP contribution < -0.4 is 5.32 Å². The summed E-state index contributed by atoms with van der Waals surface area (Å²) in [6, 6.07) is 9.90. The van der Waals surface area contributed by atoms with Crippen LogP contribution in [0.2, 0.25) is 0 Å². The summed E-state index contributed by atoms with van der Waals surface area (Å²) in [5.41, 5.74) is 2.66. The second-order valence-electron chi connectivity index (χ2n) is 7.49. The maximum atomic E-state index is 13.0. The van der Waals surface area contributed by atoms with Crippen LogP contribution in [0.15, 0.2) is 35.7 Å². The Hall–Kier alpha value is -2.67. The molecule has 6 nitrogen and oxygen atoms in total. The minimum absolute atomic E-state index is 0.0601. The number of carbonyl (C=O) groups excluding carboxylic acids is 2. The van der Waals surface area contributed by atoms with Crippen LogP contribution in [0.1, 0.15) is 53.3 Å². The van der Waals surface area contributed by atoms with Crippen LogP contribution in [0.25, 0.3) is 10.9 Å². The topological polar surface area (TPSA) is 78.1 Å². The van der Waals surface area contributed by atoms with Gasteiger partial charge in [-0.2, -0.15) is 0 Å². The number of hydrogen-bond donors (Lipinski definition) is 2. The first-order chi connectivity index (χ1) is 14.1. The molecule has 3 heterocycles. The molecule has 1 aliphatic heterocycles. The molecule has 0 bridgehead atoms. The van der Waals surface area contributed by atoms with Gasteiger partial charge in [0.05, 0.1) is 10.7 Å². The number of rotatable bonds is 6. The van der Waals surface area contributed by atoms with E-state index in [1.807, 2.05) is 42.2 Å². The van der Waals surface area contributed by atoms with Crippen LogP contribution in [0.5, 0.6) is 0 Å². The Balaban J connectivity index is 1.39. The van der Waals surface area contributed by atoms with Gasteiger partial charge in [0.15, 0.2) is 0 Å². The van der Waals surface area contributed by atoms with Gasteiger partial charge in [0.1, 0.15) is 5.69 Å². The van der Waals surface area contributed by atoms with Crippen LogP contribution >= 0.6 is 11.3 Å². The van der Waals surface area contributed by atoms with E-state index >= 15 is 0 Å². The highest BCUT2D eigenvalue weighted by molar-refractivity contribution is 7.09. The molecule has 1 atom stereocenters. The van der Waals surface area contributed by atoms with Crippen LogP contribution in [0, 0.1) is 0 Å². The van der Waals surface area contributed by atoms with Crippen molar-refractivity contribution in [1.82, 2.24) is 20.2 Å². The number of carbonyl (C=O) groups is 2. The third kappa shape index (κ3) is 4.50. The molecule has 2 aromatic heterocycles. The lowest BCUT2D eigenvalue weighted by Crippen LogP contribution is -2.39. The molecule has 7 heteroatoms. The number of aromatic amines is 1. The Bertz CT molecular complexity index is 976. The molecule has 0 saturated carbocycles. The minimum Gasteiger partial charge on any atom is -0.356 e. The van der Waals surface area contributed by atoms with Gasteiger partial charge in [-0.25, -0.2) is 4.98 Å². The third-order valence-corrected chi connectivity index (χ3v) is 6.47. The zero-order chi connectivity index (χ0) is 20.2. The molecule has 0 spiro atoms. The maximum Gasteiger partial charge on any atom is 0.270 e. The van der Waals surface area contributed by atoms with Crippen molar-refractivity contribution in [3.63, 3.8) is 0 Å². The fraction of sp³-hybridized carbons (Fsp3) is 0.409. The number of thiazole rings is 1. The predicted octanol–water partition coefficient (Wildman–Crippen LogP) is 3.71. The van der Waals surface area contributed by atoms with Gasteiger partial charge in [-0.05, 0) is 25.0 Å². The Morgan fingerprint density at radius 1 is 1.34 bits per heavy atom. The van der Waals surface area contributed by atoms with E-state index in [2.05, 4.69) is 15.7 Å². The highest BCUT2D eigenvalue weighted by Gasteiger charge is 2.28. The van der Waals surface area contributed by atoms with E-state index in [1.54, 1.807) is 11.3 Å². The second kappa shape index (κ2) is 8.78. The molecule has 2 N–H and O–H groups in total. The van der Waals surface area contributed by atoms with E-state index in [9.17, 15) is 9.59 Å². The maximum absolute atomic E-state index is 13.0. The molecule has 1 unspecified atom stereocenters. The van der Waals surface area contributed by atoms with E-state index in [4.69, 9.17) is 4.98 Å². The highest BCUT2D eigenvalue weighted by atomic mass is 32.1. The first kappa shape index (κ1) is 19.6. The number of aromatic nitrogens is 2. The average molecular weight is 411 g/mol. The van der Waals surface area contributed by atoms with Gasteiger partial charge in [-0.3, -0.25) is 9.59 Å². The van der Waals surface area contributed by atoms with Crippen molar-refractivity contribution in [2.24, 2.45) is 0 Å². The normalized spacial score (nSPS) is 16.9. The van der Waals surface area contributed by atoms with Crippen LogP contribution in [0.3, 0.4) is 0 Å². The molecule has 1 fully saturated rings. The van der Waals surface area contributed by atoms with Crippen molar-refractivity contribution in [2.75, 3.05) is 19.6 Å². The number of nitrogens with one attached hydrogen (secondary N) is 2. The van der Waals surface area contributed by atoms with Gasteiger partial charge < -0.3 is 15.2 Å². The average Bonchev–Trinajstić information content (AvgIpc) is 3.40. The van der Waals surface area contributed by atoms with Crippen molar-refractivity contribution < 1.29 is 9.59 Å². The summed E-state index contributed by atoms with van der Waals surface area (Å²) < 4.78 is 0. The van der Waals surface area contributed by atoms with Crippen molar-refractivity contribution in [1.29, 1.82) is 0 Å². The summed E-state index contributed by atoms with van der Waals surface area (Å²) in [6.07, 6.45) is 3.28. The Kier molecular flexibility index (Phi) is 5.94. The van der Waals surface area contributed by atoms with Crippen LogP contribution in [0.4, 0.5) is 0 Å². The van der Waals surface area contributed by atoms with E-state index in [0.29, 0.717) is 25.2 Å². The van der Waals surface area contributed by atoms with Crippen LogP contribution in [-0.2, 0) is 11.2 Å². The predicted molar refractivity (Wildman–Crippen MR) is 115 cm³/mol. The Morgan fingerprint density at radius 3 is 3.03 bits per heavy atom. The van der Waals surface area contributed by atoms with Crippen molar-refractivity contribution >= 4 is 34.1 Å². The fourth-order valence-electron chi connectivity index (χ4n) is 3.80. The van der Waals surface area contributed by atoms with Gasteiger partial charge >= 0.3 is 0 Å². The fourth-order valence-corrected chi connectivity index (χ4v) is 4.78. The lowest BCUT2D eigenvalue weighted by molar-refractivity contribution is -0.120. The highest BCUT2D eigenvalue weighted by Crippen LogP contribution is 2.30. The van der Waals surface area contributed by atoms with Gasteiger partial charge in [-0.15, -0.1) is 11.3 Å². The lowest BCUT2D eigenvalue weighted by atomic mass is 9.98. The molecule has 4 rings (SSSR count). The van der Waals surface area contributed by atoms with Gasteiger partial charge in [0.25, 0.3) is 5.91 Å². The number of nitrogens with zero attached hydrogens (tertiary/aromatic N) is 2. The number of hydrogen-bond acceptors (Lipinski definition) is 4. The summed E-state index contributed by atoms with van der Waals surface area (Å²) in [7, 11) is 0. The van der Waals surface area contributed by atoms with Gasteiger partial charge in [-0.1, -0.05) is 25.1 Å². The SMILES string of the molecule is CCC(=O)NCCc1csc(C2CCCN(C(=O)c3cc4ccccc4[nH]3)C2)n1. The lowest BCUT2D eigenvalue weighted by Gasteiger charge is -2.31. The number of amides is 2. The zero-order valence-electron chi connectivity index (χ0n) is 16.6. The number of benzene rings is 1. The van der Waals surface area contributed by atoms with E-state index in [0.717, 1.165) is 47.4 Å². The number of H-pyrrole nitrogens is 1. The first-order valence-corrected chi connectivity index (χ1v) is 11.1. The number of fused-ring (bicyclic) bond motifs is 1.